The third kappa shape index (κ3) is 9.26. The predicted molar refractivity (Wildman–Crippen MR) is 26.8 cm³/mol. The van der Waals surface area contributed by atoms with Gasteiger partial charge in [0.2, 0.25) is 0 Å². The zero-order valence-electron chi connectivity index (χ0n) is 0.816. The fourth-order valence-corrected chi connectivity index (χ4v) is 0. The van der Waals surface area contributed by atoms with E-state index in [1.54, 1.807) is 0 Å². The first kappa shape index (κ1) is 42.3. The van der Waals surface area contributed by atoms with Gasteiger partial charge < -0.3 is 0 Å². The van der Waals surface area contributed by atoms with Gasteiger partial charge in [0.1, 0.15) is 0 Å². The van der Waals surface area contributed by atoms with E-state index in [2.05, 4.69) is 0 Å². The molecule has 0 nitrogen and oxygen atoms in total. The molecule has 0 bridgehead atoms. The van der Waals surface area contributed by atoms with E-state index in [0.717, 1.165) is 0 Å². The maximum absolute atomic E-state index is 0. The minimum absolute atomic E-state index is 0. The summed E-state index contributed by atoms with van der Waals surface area (Å²) >= 11 is 0. The molecular weight excluding hydrogens is 104 g/mol. The van der Waals surface area contributed by atoms with Gasteiger partial charge in [0.25, 0.3) is 0 Å². The van der Waals surface area contributed by atoms with Gasteiger partial charge in [-0.15, -0.1) is 12.4 Å². The monoisotopic (exact) mass is 110 g/mol. The van der Waals surface area contributed by atoms with E-state index in [4.69, 9.17) is 0 Å². The van der Waals surface area contributed by atoms with Crippen LogP contribution in [0.5, 0.6) is 0 Å². The molecule has 0 amide bonds. The molecule has 0 aromatic heterocycles. The number of rotatable bonds is 0. The zero-order chi connectivity index (χ0) is 0. The summed E-state index contributed by atoms with van der Waals surface area (Å²) < 4.78 is 0. The molecule has 4 heteroatoms. The van der Waals surface area contributed by atoms with Crippen molar-refractivity contribution in [2.45, 2.75) is 0 Å². The van der Waals surface area contributed by atoms with Crippen LogP contribution in [0.2, 0.25) is 0 Å². The van der Waals surface area contributed by atoms with Gasteiger partial charge >= 0.3 is 29.6 Å². The number of hydrogen-bond donors (Lipinski definition) is 0. The van der Waals surface area contributed by atoms with Crippen molar-refractivity contribution in [1.82, 2.24) is 0 Å². The van der Waals surface area contributed by atoms with Crippen LogP contribution in [0.1, 0.15) is 0 Å². The van der Waals surface area contributed by atoms with Crippen LogP contribution in [-0.2, 0) is 0 Å². The Labute approximate surface area is 63.5 Å². The van der Waals surface area contributed by atoms with Crippen LogP contribution in [0.15, 0.2) is 0 Å². The van der Waals surface area contributed by atoms with Crippen molar-refractivity contribution in [3.63, 3.8) is 0 Å². The standard InChI is InChI=1S/Al.ClH.FH.Na.4H/h;2*1H;;;;;. The zero-order valence-corrected chi connectivity index (χ0v) is 1.63. The number of hydrogen-bond acceptors (Lipinski definition) is 0. The average molecular weight is 110 g/mol. The molecule has 0 heterocycles. The first-order valence-corrected chi connectivity index (χ1v) is 0. The Morgan fingerprint density at radius 3 is 1.00 bits per heavy atom. The van der Waals surface area contributed by atoms with Crippen molar-refractivity contribution in [1.29, 1.82) is 0 Å². The third-order valence-corrected chi connectivity index (χ3v) is 0. The van der Waals surface area contributed by atoms with E-state index in [1.165, 1.54) is 0 Å². The van der Waals surface area contributed by atoms with Gasteiger partial charge in [-0.1, -0.05) is 0 Å². The van der Waals surface area contributed by atoms with Crippen molar-refractivity contribution in [3.05, 3.63) is 0 Å². The topological polar surface area (TPSA) is 0 Å². The van der Waals surface area contributed by atoms with Gasteiger partial charge in [0.15, 0.2) is 17.4 Å². The van der Waals surface area contributed by atoms with Crippen LogP contribution in [0.25, 0.3) is 0 Å². The Hall–Kier alpha value is 1.75. The van der Waals surface area contributed by atoms with Gasteiger partial charge in [-0.05, 0) is 0 Å². The van der Waals surface area contributed by atoms with E-state index < -0.39 is 0 Å². The summed E-state index contributed by atoms with van der Waals surface area (Å²) in [5.74, 6) is 0. The summed E-state index contributed by atoms with van der Waals surface area (Å²) in [5.41, 5.74) is 0. The van der Waals surface area contributed by atoms with E-state index >= 15 is 0 Å². The normalized spacial score (nSPS) is 0. The molecule has 0 saturated carbocycles. The van der Waals surface area contributed by atoms with Crippen LogP contribution >= 0.6 is 12.4 Å². The summed E-state index contributed by atoms with van der Waals surface area (Å²) in [6.45, 7) is 0. The molecule has 0 atom stereocenters. The fourth-order valence-electron chi connectivity index (χ4n) is 0. The van der Waals surface area contributed by atoms with Crippen molar-refractivity contribution in [2.75, 3.05) is 0 Å². The first-order valence-electron chi connectivity index (χ1n) is 0. The minimum atomic E-state index is 0. The van der Waals surface area contributed by atoms with Gasteiger partial charge in [-0.3, -0.25) is 4.70 Å². The molecule has 0 N–H and O–H groups in total. The van der Waals surface area contributed by atoms with Crippen molar-refractivity contribution < 1.29 is 4.70 Å². The second-order valence-electron chi connectivity index (χ2n) is 0. The fraction of sp³-hybridized carbons (Fsp3) is 0. The van der Waals surface area contributed by atoms with E-state index in [0.29, 0.717) is 0 Å². The quantitative estimate of drug-likeness (QED) is 0.342. The van der Waals surface area contributed by atoms with Crippen LogP contribution in [0, 0.1) is 0 Å². The molecule has 24 valence electrons. The Balaban J connectivity index is 0. The molecular formula is H6AlClFNa. The Morgan fingerprint density at radius 1 is 1.00 bits per heavy atom. The molecule has 0 radical (unpaired) electrons. The molecule has 0 saturated heterocycles. The predicted octanol–water partition coefficient (Wildman–Crippen LogP) is -1.26. The van der Waals surface area contributed by atoms with Crippen LogP contribution in [0.3, 0.4) is 0 Å². The second kappa shape index (κ2) is 21.8. The SMILES string of the molecule is Cl.F.[AlH3].[NaH]. The molecule has 0 spiro atoms. The average Bonchev–Trinajstić information content (AvgIpc) is 0. The van der Waals surface area contributed by atoms with Crippen LogP contribution in [0.4, 0.5) is 4.70 Å². The summed E-state index contributed by atoms with van der Waals surface area (Å²) in [7, 11) is 0. The third-order valence-electron chi connectivity index (χ3n) is 0. The molecule has 0 aromatic carbocycles. The van der Waals surface area contributed by atoms with Gasteiger partial charge in [-0.2, -0.15) is 0 Å². The Morgan fingerprint density at radius 2 is 1.00 bits per heavy atom. The Kier molecular flexibility index (Phi) is 230. The first-order chi connectivity index (χ1) is 0. The molecule has 0 unspecified atom stereocenters. The molecule has 0 aliphatic rings. The summed E-state index contributed by atoms with van der Waals surface area (Å²) in [6.07, 6.45) is 0. The molecule has 0 aliphatic heterocycles. The molecule has 0 rings (SSSR count). The van der Waals surface area contributed by atoms with Crippen molar-refractivity contribution in [2.24, 2.45) is 0 Å². The van der Waals surface area contributed by atoms with Gasteiger partial charge in [-0.25, -0.2) is 0 Å². The van der Waals surface area contributed by atoms with Gasteiger partial charge in [0.05, 0.1) is 0 Å². The van der Waals surface area contributed by atoms with Gasteiger partial charge in [0, 0.05) is 0 Å². The van der Waals surface area contributed by atoms with Crippen molar-refractivity contribution >= 4 is 59.3 Å². The van der Waals surface area contributed by atoms with E-state index in [9.17, 15) is 0 Å². The van der Waals surface area contributed by atoms with Crippen LogP contribution in [-0.4, -0.2) is 46.9 Å². The molecule has 0 fully saturated rings. The maximum atomic E-state index is 0. The van der Waals surface area contributed by atoms with Crippen molar-refractivity contribution in [3.8, 4) is 0 Å². The Bertz CT molecular complexity index is 8.00. The van der Waals surface area contributed by atoms with E-state index in [-0.39, 0.29) is 64.0 Å². The van der Waals surface area contributed by atoms with Crippen LogP contribution < -0.4 is 0 Å². The summed E-state index contributed by atoms with van der Waals surface area (Å²) in [5, 5.41) is 0. The molecule has 0 aliphatic carbocycles. The summed E-state index contributed by atoms with van der Waals surface area (Å²) in [6, 6.07) is 0. The molecule has 0 aromatic rings. The number of halogens is 2. The molecule has 4 heavy (non-hydrogen) atoms. The summed E-state index contributed by atoms with van der Waals surface area (Å²) in [4.78, 5) is 0. The second-order valence-corrected chi connectivity index (χ2v) is 0. The van der Waals surface area contributed by atoms with E-state index in [1.807, 2.05) is 0 Å².